The van der Waals surface area contributed by atoms with Crippen molar-refractivity contribution in [1.29, 1.82) is 0 Å². The molecule has 1 saturated heterocycles. The Morgan fingerprint density at radius 2 is 2.42 bits per heavy atom. The highest BCUT2D eigenvalue weighted by molar-refractivity contribution is 5.74. The number of hydrogen-bond donors (Lipinski definition) is 1. The molecule has 0 amide bonds. The van der Waals surface area contributed by atoms with Crippen LogP contribution in [0.1, 0.15) is 6.42 Å². The van der Waals surface area contributed by atoms with E-state index in [0.717, 1.165) is 6.54 Å². The van der Waals surface area contributed by atoms with Crippen LogP contribution in [0.2, 0.25) is 0 Å². The molecular weight excluding hydrogens is 161 g/mol. The van der Waals surface area contributed by atoms with Crippen LogP contribution in [-0.2, 0) is 9.53 Å². The summed E-state index contributed by atoms with van der Waals surface area (Å²) in [4.78, 5) is 11.2. The Morgan fingerprint density at radius 3 is 2.83 bits per heavy atom. The van der Waals surface area contributed by atoms with Gasteiger partial charge in [0.2, 0.25) is 0 Å². The van der Waals surface area contributed by atoms with Gasteiger partial charge in [-0.15, -0.1) is 0 Å². The van der Waals surface area contributed by atoms with E-state index in [4.69, 9.17) is 0 Å². The fourth-order valence-electron chi connectivity index (χ4n) is 2.33. The molecule has 2 fully saturated rings. The van der Waals surface area contributed by atoms with Gasteiger partial charge in [-0.2, -0.15) is 0 Å². The van der Waals surface area contributed by atoms with E-state index in [0.29, 0.717) is 6.42 Å². The number of methoxy groups -OCH3 is 1. The molecular formula is C8H12FNO2. The number of rotatable bonds is 1. The van der Waals surface area contributed by atoms with Crippen molar-refractivity contribution >= 4 is 5.97 Å². The predicted octanol–water partition coefficient (Wildman–Crippen LogP) is 0.105. The Labute approximate surface area is 70.3 Å². The number of carbonyl (C=O) groups excluding carboxylic acids is 1. The van der Waals surface area contributed by atoms with Crippen molar-refractivity contribution in [2.24, 2.45) is 11.8 Å². The van der Waals surface area contributed by atoms with Gasteiger partial charge in [0.15, 0.2) is 0 Å². The van der Waals surface area contributed by atoms with E-state index >= 15 is 0 Å². The van der Waals surface area contributed by atoms with E-state index < -0.39 is 6.17 Å². The number of nitrogens with one attached hydrogen (secondary N) is 1. The van der Waals surface area contributed by atoms with Crippen LogP contribution in [0, 0.1) is 11.8 Å². The Hall–Kier alpha value is -0.640. The van der Waals surface area contributed by atoms with Crippen molar-refractivity contribution in [1.82, 2.24) is 5.32 Å². The quantitative estimate of drug-likeness (QED) is 0.572. The Bertz CT molecular complexity index is 209. The lowest BCUT2D eigenvalue weighted by molar-refractivity contribution is -0.146. The van der Waals surface area contributed by atoms with Crippen LogP contribution in [0.4, 0.5) is 4.39 Å². The molecule has 12 heavy (non-hydrogen) atoms. The first kappa shape index (κ1) is 7.98. The third-order valence-electron chi connectivity index (χ3n) is 2.90. The van der Waals surface area contributed by atoms with E-state index in [1.807, 2.05) is 0 Å². The second-order valence-electron chi connectivity index (χ2n) is 3.49. The van der Waals surface area contributed by atoms with Gasteiger partial charge in [-0.3, -0.25) is 4.79 Å². The number of alkyl halides is 1. The molecule has 4 heteroatoms. The van der Waals surface area contributed by atoms with Gasteiger partial charge in [-0.25, -0.2) is 4.39 Å². The van der Waals surface area contributed by atoms with Crippen molar-refractivity contribution in [3.05, 3.63) is 0 Å². The molecule has 0 aromatic rings. The van der Waals surface area contributed by atoms with Gasteiger partial charge in [-0.1, -0.05) is 0 Å². The number of halogens is 1. The maximum atomic E-state index is 13.1. The first-order chi connectivity index (χ1) is 5.74. The average Bonchev–Trinajstić information content (AvgIpc) is 2.59. The average molecular weight is 173 g/mol. The second kappa shape index (κ2) is 2.69. The van der Waals surface area contributed by atoms with Crippen molar-refractivity contribution in [3.63, 3.8) is 0 Å². The molecule has 2 rings (SSSR count). The summed E-state index contributed by atoms with van der Waals surface area (Å²) >= 11 is 0. The van der Waals surface area contributed by atoms with Crippen molar-refractivity contribution in [3.8, 4) is 0 Å². The smallest absolute Gasteiger partial charge is 0.310 e. The standard InChI is InChI=1S/C8H12FNO2/c1-12-8(11)6-4-2-5(9)7(6)10-3-4/h4-7,10H,2-3H2,1H3/t4-,5-,6-,7-/m1/s1. The SMILES string of the molecule is COC(=O)[C@@H]1[C@H]2CN[C@@H]1[C@H](F)C2. The van der Waals surface area contributed by atoms with Gasteiger partial charge in [-0.05, 0) is 18.9 Å². The molecule has 0 unspecified atom stereocenters. The predicted molar refractivity (Wildman–Crippen MR) is 40.3 cm³/mol. The summed E-state index contributed by atoms with van der Waals surface area (Å²) in [5.74, 6) is -0.363. The third kappa shape index (κ3) is 0.941. The Balaban J connectivity index is 2.13. The van der Waals surface area contributed by atoms with Crippen LogP contribution in [-0.4, -0.2) is 31.8 Å². The zero-order valence-corrected chi connectivity index (χ0v) is 6.92. The fraction of sp³-hybridized carbons (Fsp3) is 0.875. The number of fused-ring (bicyclic) bond motifs is 2. The van der Waals surface area contributed by atoms with Gasteiger partial charge in [0.05, 0.1) is 19.1 Å². The minimum atomic E-state index is -0.868. The summed E-state index contributed by atoms with van der Waals surface area (Å²) in [6.45, 7) is 0.755. The topological polar surface area (TPSA) is 38.3 Å². The minimum Gasteiger partial charge on any atom is -0.469 e. The monoisotopic (exact) mass is 173 g/mol. The van der Waals surface area contributed by atoms with Crippen molar-refractivity contribution in [2.45, 2.75) is 18.6 Å². The summed E-state index contributed by atoms with van der Waals surface area (Å²) < 4.78 is 17.7. The molecule has 1 heterocycles. The second-order valence-corrected chi connectivity index (χ2v) is 3.49. The van der Waals surface area contributed by atoms with E-state index in [-0.39, 0.29) is 23.8 Å². The lowest BCUT2D eigenvalue weighted by Crippen LogP contribution is -2.37. The summed E-state index contributed by atoms with van der Waals surface area (Å²) in [7, 11) is 1.35. The molecule has 2 aliphatic rings. The van der Waals surface area contributed by atoms with Crippen LogP contribution < -0.4 is 5.32 Å². The lowest BCUT2D eigenvalue weighted by Gasteiger charge is -2.14. The van der Waals surface area contributed by atoms with E-state index in [1.165, 1.54) is 7.11 Å². The van der Waals surface area contributed by atoms with Crippen molar-refractivity contribution < 1.29 is 13.9 Å². The molecule has 4 atom stereocenters. The first-order valence-corrected chi connectivity index (χ1v) is 4.19. The van der Waals surface area contributed by atoms with E-state index in [1.54, 1.807) is 0 Å². The Kier molecular flexibility index (Phi) is 1.79. The fourth-order valence-corrected chi connectivity index (χ4v) is 2.33. The van der Waals surface area contributed by atoms with Crippen LogP contribution in [0.5, 0.6) is 0 Å². The zero-order chi connectivity index (χ0) is 8.72. The van der Waals surface area contributed by atoms with E-state index in [2.05, 4.69) is 10.1 Å². The molecule has 1 N–H and O–H groups in total. The highest BCUT2D eigenvalue weighted by atomic mass is 19.1. The lowest BCUT2D eigenvalue weighted by atomic mass is 9.99. The number of piperidine rings is 1. The maximum Gasteiger partial charge on any atom is 0.310 e. The van der Waals surface area contributed by atoms with Gasteiger partial charge in [0, 0.05) is 0 Å². The maximum absolute atomic E-state index is 13.1. The highest BCUT2D eigenvalue weighted by Gasteiger charge is 2.52. The zero-order valence-electron chi connectivity index (χ0n) is 6.92. The number of hydrogen-bond acceptors (Lipinski definition) is 3. The number of carbonyl (C=O) groups is 1. The normalized spacial score (nSPS) is 44.8. The largest absolute Gasteiger partial charge is 0.469 e. The van der Waals surface area contributed by atoms with E-state index in [9.17, 15) is 9.18 Å². The number of esters is 1. The molecule has 0 spiro atoms. The van der Waals surface area contributed by atoms with Crippen molar-refractivity contribution in [2.75, 3.05) is 13.7 Å². The third-order valence-corrected chi connectivity index (χ3v) is 2.90. The van der Waals surface area contributed by atoms with Gasteiger partial charge >= 0.3 is 5.97 Å². The molecule has 68 valence electrons. The molecule has 0 aromatic carbocycles. The minimum absolute atomic E-state index is 0.150. The summed E-state index contributed by atoms with van der Waals surface area (Å²) in [6.07, 6.45) is -0.356. The van der Waals surface area contributed by atoms with Gasteiger partial charge in [0.1, 0.15) is 6.17 Å². The van der Waals surface area contributed by atoms with Crippen LogP contribution in [0.25, 0.3) is 0 Å². The van der Waals surface area contributed by atoms with Gasteiger partial charge in [0.25, 0.3) is 0 Å². The summed E-state index contributed by atoms with van der Waals surface area (Å²) in [5, 5.41) is 3.00. The summed E-state index contributed by atoms with van der Waals surface area (Å²) in [5.41, 5.74) is 0. The van der Waals surface area contributed by atoms with Crippen LogP contribution in [0.3, 0.4) is 0 Å². The van der Waals surface area contributed by atoms with Gasteiger partial charge < -0.3 is 10.1 Å². The highest BCUT2D eigenvalue weighted by Crippen LogP contribution is 2.39. The molecule has 3 nitrogen and oxygen atoms in total. The van der Waals surface area contributed by atoms with Crippen LogP contribution in [0.15, 0.2) is 0 Å². The summed E-state index contributed by atoms with van der Waals surface area (Å²) in [6, 6.07) is -0.289. The Morgan fingerprint density at radius 1 is 1.67 bits per heavy atom. The molecule has 1 saturated carbocycles. The number of ether oxygens (including phenoxy) is 1. The molecule has 0 radical (unpaired) electrons. The first-order valence-electron chi connectivity index (χ1n) is 4.19. The molecule has 0 aromatic heterocycles. The molecule has 1 aliphatic carbocycles. The molecule has 2 bridgehead atoms. The van der Waals surface area contributed by atoms with Crippen LogP contribution >= 0.6 is 0 Å². The molecule has 1 aliphatic heterocycles.